The van der Waals surface area contributed by atoms with Crippen LogP contribution in [0.25, 0.3) is 6.08 Å². The molecule has 0 saturated heterocycles. The minimum Gasteiger partial charge on any atom is -0.469 e. The molecular weight excluding hydrogens is 548 g/mol. The van der Waals surface area contributed by atoms with Crippen LogP contribution < -0.4 is 9.47 Å². The van der Waals surface area contributed by atoms with E-state index in [0.717, 1.165) is 40.9 Å². The Bertz CT molecular complexity index is 1230. The maximum atomic E-state index is 12.8. The van der Waals surface area contributed by atoms with E-state index in [-0.39, 0.29) is 17.9 Å². The molecule has 1 aliphatic rings. The Morgan fingerprint density at radius 1 is 0.683 bits per heavy atom. The van der Waals surface area contributed by atoms with E-state index in [0.29, 0.717) is 5.56 Å². The average molecular weight is 579 g/mol. The molecule has 0 spiro atoms. The Labute approximate surface area is 234 Å². The summed E-state index contributed by atoms with van der Waals surface area (Å²) in [5.41, 5.74) is 0.342. The summed E-state index contributed by atoms with van der Waals surface area (Å²) in [7, 11) is 1.09. The first kappa shape index (κ1) is 32.5. The van der Waals surface area contributed by atoms with Gasteiger partial charge in [-0.15, -0.1) is 0 Å². The number of esters is 7. The lowest BCUT2D eigenvalue weighted by atomic mass is 9.80. The molecule has 14 heteroatoms. The second-order valence-corrected chi connectivity index (χ2v) is 8.79. The van der Waals surface area contributed by atoms with Crippen LogP contribution in [0.4, 0.5) is 0 Å². The zero-order valence-corrected chi connectivity index (χ0v) is 23.2. The van der Waals surface area contributed by atoms with Crippen LogP contribution in [0, 0.1) is 5.92 Å². The van der Waals surface area contributed by atoms with Crippen LogP contribution in [0.1, 0.15) is 46.6 Å². The number of carbonyl (C=O) groups excluding carboxylic acids is 7. The van der Waals surface area contributed by atoms with E-state index in [9.17, 15) is 33.6 Å². The van der Waals surface area contributed by atoms with E-state index < -0.39 is 72.1 Å². The van der Waals surface area contributed by atoms with Crippen molar-refractivity contribution in [2.45, 2.75) is 65.5 Å². The summed E-state index contributed by atoms with van der Waals surface area (Å²) >= 11 is 0. The second-order valence-electron chi connectivity index (χ2n) is 8.79. The minimum atomic E-state index is -1.51. The lowest BCUT2D eigenvalue weighted by Gasteiger charge is -2.43. The first-order valence-corrected chi connectivity index (χ1v) is 12.2. The van der Waals surface area contributed by atoms with Gasteiger partial charge in [-0.2, -0.15) is 0 Å². The smallest absolute Gasteiger partial charge is 0.331 e. The Morgan fingerprint density at radius 3 is 1.76 bits per heavy atom. The van der Waals surface area contributed by atoms with E-state index in [4.69, 9.17) is 33.2 Å². The Hall–Kier alpha value is -4.75. The molecule has 14 nitrogen and oxygen atoms in total. The molecule has 0 aromatic heterocycles. The largest absolute Gasteiger partial charge is 0.469 e. The third-order valence-corrected chi connectivity index (χ3v) is 5.46. The van der Waals surface area contributed by atoms with Gasteiger partial charge in [0.15, 0.2) is 29.8 Å². The highest BCUT2D eigenvalue weighted by Gasteiger charge is 2.54. The van der Waals surface area contributed by atoms with Crippen molar-refractivity contribution < 1.29 is 66.7 Å². The van der Waals surface area contributed by atoms with Crippen molar-refractivity contribution in [3.05, 3.63) is 29.8 Å². The molecule has 0 bridgehead atoms. The van der Waals surface area contributed by atoms with E-state index in [1.165, 1.54) is 31.2 Å². The van der Waals surface area contributed by atoms with Gasteiger partial charge >= 0.3 is 41.8 Å². The number of carbonyl (C=O) groups is 7. The van der Waals surface area contributed by atoms with Gasteiger partial charge in [0, 0.05) is 47.1 Å². The summed E-state index contributed by atoms with van der Waals surface area (Å²) in [6.07, 6.45) is -3.73. The van der Waals surface area contributed by atoms with Gasteiger partial charge < -0.3 is 33.2 Å². The van der Waals surface area contributed by atoms with Crippen LogP contribution >= 0.6 is 0 Å². The van der Waals surface area contributed by atoms with Crippen LogP contribution in [-0.2, 0) is 57.2 Å². The average Bonchev–Trinajstić information content (AvgIpc) is 2.85. The molecule has 0 heterocycles. The van der Waals surface area contributed by atoms with Crippen LogP contribution in [0.2, 0.25) is 0 Å². The molecular formula is C27H30O14. The van der Waals surface area contributed by atoms with Gasteiger partial charge in [0.1, 0.15) is 12.0 Å². The molecule has 0 amide bonds. The number of hydrogen-bond donors (Lipinski definition) is 0. The van der Waals surface area contributed by atoms with Crippen molar-refractivity contribution in [2.75, 3.05) is 7.11 Å². The molecule has 0 unspecified atom stereocenters. The maximum Gasteiger partial charge on any atom is 0.331 e. The lowest BCUT2D eigenvalue weighted by molar-refractivity contribution is -0.220. The topological polar surface area (TPSA) is 184 Å². The van der Waals surface area contributed by atoms with Gasteiger partial charge in [-0.05, 0) is 23.8 Å². The Morgan fingerprint density at radius 2 is 1.22 bits per heavy atom. The Kier molecular flexibility index (Phi) is 11.5. The molecule has 1 saturated carbocycles. The van der Waals surface area contributed by atoms with Crippen LogP contribution in [0.15, 0.2) is 24.3 Å². The van der Waals surface area contributed by atoms with Crippen molar-refractivity contribution in [1.29, 1.82) is 0 Å². The summed E-state index contributed by atoms with van der Waals surface area (Å²) in [4.78, 5) is 83.8. The number of rotatable bonds is 9. The van der Waals surface area contributed by atoms with E-state index in [1.54, 1.807) is 0 Å². The lowest BCUT2D eigenvalue weighted by Crippen LogP contribution is -2.60. The number of methoxy groups -OCH3 is 1. The highest BCUT2D eigenvalue weighted by molar-refractivity contribution is 5.87. The normalized spacial score (nSPS) is 21.7. The van der Waals surface area contributed by atoms with Gasteiger partial charge in [0.25, 0.3) is 0 Å². The molecule has 222 valence electrons. The van der Waals surface area contributed by atoms with Gasteiger partial charge in [0.2, 0.25) is 0 Å². The van der Waals surface area contributed by atoms with E-state index in [2.05, 4.69) is 0 Å². The van der Waals surface area contributed by atoms with E-state index in [1.807, 2.05) is 0 Å². The number of ether oxygens (including phenoxy) is 7. The van der Waals surface area contributed by atoms with Crippen LogP contribution in [0.3, 0.4) is 0 Å². The fourth-order valence-corrected chi connectivity index (χ4v) is 4.10. The summed E-state index contributed by atoms with van der Waals surface area (Å²) in [6.45, 7) is 5.51. The summed E-state index contributed by atoms with van der Waals surface area (Å²) in [5, 5.41) is 0. The van der Waals surface area contributed by atoms with Crippen LogP contribution in [0.5, 0.6) is 11.5 Å². The highest BCUT2D eigenvalue weighted by Crippen LogP contribution is 2.35. The molecule has 0 aliphatic heterocycles. The second kappa shape index (κ2) is 14.6. The number of hydrogen-bond acceptors (Lipinski definition) is 14. The molecule has 2 rings (SSSR count). The SMILES string of the molecule is COC(=O)[C@H]1C[C@@H](OC(=O)/C=C\c2ccc(OC(C)=O)c(OC(C)=O)c2)[C@H](OC(C)=O)[C@H](OC(C)=O)[C@@H]1OC(C)=O. The quantitative estimate of drug-likeness (QED) is 0.177. The predicted octanol–water partition coefficient (Wildman–Crippen LogP) is 1.45. The fraction of sp³-hybridized carbons (Fsp3) is 0.444. The van der Waals surface area contributed by atoms with Gasteiger partial charge in [-0.25, -0.2) is 4.79 Å². The van der Waals surface area contributed by atoms with Crippen molar-refractivity contribution in [2.24, 2.45) is 5.92 Å². The summed E-state index contributed by atoms with van der Waals surface area (Å²) in [5.74, 6) is -6.96. The molecule has 1 aromatic rings. The maximum absolute atomic E-state index is 12.8. The van der Waals surface area contributed by atoms with Gasteiger partial charge in [-0.1, -0.05) is 6.07 Å². The third-order valence-electron chi connectivity index (χ3n) is 5.46. The van der Waals surface area contributed by atoms with Crippen molar-refractivity contribution in [1.82, 2.24) is 0 Å². The Balaban J connectivity index is 2.39. The first-order valence-electron chi connectivity index (χ1n) is 12.2. The number of benzene rings is 1. The summed E-state index contributed by atoms with van der Waals surface area (Å²) < 4.78 is 36.2. The van der Waals surface area contributed by atoms with Crippen LogP contribution in [-0.4, -0.2) is 73.3 Å². The van der Waals surface area contributed by atoms with E-state index >= 15 is 0 Å². The molecule has 1 fully saturated rings. The fourth-order valence-electron chi connectivity index (χ4n) is 4.10. The van der Waals surface area contributed by atoms with Crippen molar-refractivity contribution >= 4 is 47.9 Å². The van der Waals surface area contributed by atoms with Crippen molar-refractivity contribution in [3.63, 3.8) is 0 Å². The standard InChI is InChI=1S/C27H30O14/c1-13(28)36-20-9-7-18(11-21(20)37-14(2)29)8-10-23(33)41-22-12-19(27(34)35-6)24(38-15(3)30)26(40-17(5)32)25(22)39-16(4)31/h7-11,19,22,24-26H,12H2,1-6H3/b10-8-/t19-,22+,24+,25-,26+/m0/s1. The van der Waals surface area contributed by atoms with Gasteiger partial charge in [-0.3, -0.25) is 28.8 Å². The van der Waals surface area contributed by atoms with Gasteiger partial charge in [0.05, 0.1) is 7.11 Å². The predicted molar refractivity (Wildman–Crippen MR) is 135 cm³/mol. The molecule has 1 aliphatic carbocycles. The molecule has 5 atom stereocenters. The molecule has 0 radical (unpaired) electrons. The highest BCUT2D eigenvalue weighted by atomic mass is 16.6. The first-order chi connectivity index (χ1) is 19.2. The monoisotopic (exact) mass is 578 g/mol. The van der Waals surface area contributed by atoms with Crippen molar-refractivity contribution in [3.8, 4) is 11.5 Å². The third kappa shape index (κ3) is 9.74. The minimum absolute atomic E-state index is 0.0217. The summed E-state index contributed by atoms with van der Waals surface area (Å²) in [6, 6.07) is 4.15. The zero-order valence-electron chi connectivity index (χ0n) is 23.2. The molecule has 0 N–H and O–H groups in total. The zero-order chi connectivity index (χ0) is 30.9. The molecule has 1 aromatic carbocycles. The molecule has 41 heavy (non-hydrogen) atoms.